The van der Waals surface area contributed by atoms with Gasteiger partial charge in [0, 0.05) is 11.9 Å². The molecule has 0 saturated carbocycles. The van der Waals surface area contributed by atoms with Gasteiger partial charge in [-0.05, 0) is 31.2 Å². The Morgan fingerprint density at radius 2 is 2.17 bits per heavy atom. The van der Waals surface area contributed by atoms with E-state index in [0.717, 1.165) is 11.9 Å². The van der Waals surface area contributed by atoms with Crippen LogP contribution in [-0.2, 0) is 0 Å². The lowest BCUT2D eigenvalue weighted by molar-refractivity contribution is -0.386. The number of nitrogens with zero attached hydrogens (tertiary/aromatic N) is 3. The molecule has 124 valence electrons. The van der Waals surface area contributed by atoms with E-state index in [4.69, 9.17) is 4.74 Å². The van der Waals surface area contributed by atoms with E-state index < -0.39 is 16.5 Å². The fourth-order valence-electron chi connectivity index (χ4n) is 1.90. The highest BCUT2D eigenvalue weighted by Gasteiger charge is 2.23. The van der Waals surface area contributed by atoms with Gasteiger partial charge in [-0.3, -0.25) is 19.9 Å². The van der Waals surface area contributed by atoms with Gasteiger partial charge in [-0.25, -0.2) is 5.43 Å². The lowest BCUT2D eigenvalue weighted by Gasteiger charge is -2.06. The summed E-state index contributed by atoms with van der Waals surface area (Å²) in [6.07, 6.45) is 2.49. The number of methoxy groups -OCH3 is 1. The van der Waals surface area contributed by atoms with Crippen molar-refractivity contribution in [3.63, 3.8) is 0 Å². The molecule has 24 heavy (non-hydrogen) atoms. The highest BCUT2D eigenvalue weighted by molar-refractivity contribution is 5.95. The summed E-state index contributed by atoms with van der Waals surface area (Å²) in [4.78, 5) is 26.3. The van der Waals surface area contributed by atoms with E-state index >= 15 is 0 Å². The molecule has 1 aromatic heterocycles. The largest absolute Gasteiger partial charge is 0.504 e. The third-order valence-electron chi connectivity index (χ3n) is 3.07. The number of aryl methyl sites for hydroxylation is 1. The summed E-state index contributed by atoms with van der Waals surface area (Å²) in [5.41, 5.74) is 2.93. The monoisotopic (exact) mass is 330 g/mol. The smallest absolute Gasteiger partial charge is 0.323 e. The Balaban J connectivity index is 2.21. The second-order valence-electron chi connectivity index (χ2n) is 4.70. The number of hydrazone groups is 1. The SMILES string of the molecule is COc1c(O)ccc(/C=N\NC(=O)c2ccc(C)nc2)c1[N+](=O)[O-]. The summed E-state index contributed by atoms with van der Waals surface area (Å²) in [5, 5.41) is 24.5. The minimum absolute atomic E-state index is 0.0666. The van der Waals surface area contributed by atoms with Crippen LogP contribution < -0.4 is 10.2 Å². The zero-order chi connectivity index (χ0) is 17.7. The number of amides is 1. The van der Waals surface area contributed by atoms with Crippen molar-refractivity contribution in [1.82, 2.24) is 10.4 Å². The molecule has 2 rings (SSSR count). The molecule has 0 bridgehead atoms. The van der Waals surface area contributed by atoms with Crippen molar-refractivity contribution >= 4 is 17.8 Å². The van der Waals surface area contributed by atoms with E-state index in [9.17, 15) is 20.0 Å². The maximum atomic E-state index is 11.9. The average Bonchev–Trinajstić information content (AvgIpc) is 2.56. The third kappa shape index (κ3) is 3.64. The number of aromatic nitrogens is 1. The molecule has 0 aliphatic heterocycles. The number of nitro groups is 1. The predicted molar refractivity (Wildman–Crippen MR) is 85.3 cm³/mol. The Kier molecular flexibility index (Phi) is 5.05. The zero-order valence-electron chi connectivity index (χ0n) is 12.9. The van der Waals surface area contributed by atoms with Crippen LogP contribution in [-0.4, -0.2) is 34.2 Å². The molecule has 2 aromatic rings. The second kappa shape index (κ2) is 7.18. The fourth-order valence-corrected chi connectivity index (χ4v) is 1.90. The van der Waals surface area contributed by atoms with Crippen LogP contribution in [0.5, 0.6) is 11.5 Å². The van der Waals surface area contributed by atoms with Crippen LogP contribution in [0.3, 0.4) is 0 Å². The fraction of sp³-hybridized carbons (Fsp3) is 0.133. The number of aromatic hydroxyl groups is 1. The lowest BCUT2D eigenvalue weighted by Crippen LogP contribution is -2.18. The third-order valence-corrected chi connectivity index (χ3v) is 3.07. The molecule has 0 radical (unpaired) electrons. The minimum Gasteiger partial charge on any atom is -0.504 e. The Morgan fingerprint density at radius 1 is 1.42 bits per heavy atom. The first kappa shape index (κ1) is 16.9. The maximum absolute atomic E-state index is 11.9. The van der Waals surface area contributed by atoms with Crippen molar-refractivity contribution < 1.29 is 19.6 Å². The number of rotatable bonds is 5. The number of carbonyl (C=O) groups excluding carboxylic acids is 1. The summed E-state index contributed by atoms with van der Waals surface area (Å²) < 4.78 is 4.84. The number of carbonyl (C=O) groups is 1. The quantitative estimate of drug-likeness (QED) is 0.488. The van der Waals surface area contributed by atoms with E-state index in [1.54, 1.807) is 19.1 Å². The first-order valence-electron chi connectivity index (χ1n) is 6.74. The molecule has 9 heteroatoms. The van der Waals surface area contributed by atoms with E-state index in [1.165, 1.54) is 25.4 Å². The van der Waals surface area contributed by atoms with Crippen LogP contribution in [0.1, 0.15) is 21.6 Å². The van der Waals surface area contributed by atoms with Gasteiger partial charge in [0.05, 0.1) is 29.4 Å². The van der Waals surface area contributed by atoms with Crippen LogP contribution in [0.15, 0.2) is 35.6 Å². The van der Waals surface area contributed by atoms with Gasteiger partial charge in [0.15, 0.2) is 5.75 Å². The first-order chi connectivity index (χ1) is 11.4. The molecule has 0 fully saturated rings. The predicted octanol–water partition coefficient (Wildman–Crippen LogP) is 1.78. The summed E-state index contributed by atoms with van der Waals surface area (Å²) >= 11 is 0. The van der Waals surface area contributed by atoms with Crippen LogP contribution in [0, 0.1) is 17.0 Å². The number of nitro benzene ring substituents is 1. The van der Waals surface area contributed by atoms with Crippen LogP contribution >= 0.6 is 0 Å². The summed E-state index contributed by atoms with van der Waals surface area (Å²) in [6, 6.07) is 5.78. The molecule has 1 aromatic carbocycles. The van der Waals surface area contributed by atoms with Gasteiger partial charge in [-0.15, -0.1) is 0 Å². The van der Waals surface area contributed by atoms with Gasteiger partial charge in [0.1, 0.15) is 0 Å². The van der Waals surface area contributed by atoms with Crippen LogP contribution in [0.2, 0.25) is 0 Å². The normalized spacial score (nSPS) is 10.6. The summed E-state index contributed by atoms with van der Waals surface area (Å²) in [7, 11) is 1.20. The molecule has 0 unspecified atom stereocenters. The molecule has 1 amide bonds. The van der Waals surface area contributed by atoms with Gasteiger partial charge in [0.25, 0.3) is 5.91 Å². The first-order valence-corrected chi connectivity index (χ1v) is 6.74. The molecule has 0 aliphatic carbocycles. The van der Waals surface area contributed by atoms with E-state index in [1.807, 2.05) is 0 Å². The van der Waals surface area contributed by atoms with E-state index in [-0.39, 0.29) is 17.1 Å². The number of pyridine rings is 1. The van der Waals surface area contributed by atoms with Gasteiger partial charge in [-0.2, -0.15) is 5.10 Å². The van der Waals surface area contributed by atoms with Crippen molar-refractivity contribution in [2.45, 2.75) is 6.92 Å². The highest BCUT2D eigenvalue weighted by atomic mass is 16.6. The Hall–Kier alpha value is -3.49. The minimum atomic E-state index is -0.703. The number of benzene rings is 1. The number of phenolic OH excluding ortho intramolecular Hbond substituents is 1. The zero-order valence-corrected chi connectivity index (χ0v) is 12.9. The Morgan fingerprint density at radius 3 is 2.75 bits per heavy atom. The standard InChI is InChI=1S/C15H14N4O5/c1-9-3-4-11(7-16-9)15(21)18-17-8-10-5-6-12(20)14(24-2)13(10)19(22)23/h3-8,20H,1-2H3,(H,18,21)/b17-8-. The van der Waals surface area contributed by atoms with Crippen LogP contribution in [0.4, 0.5) is 5.69 Å². The number of phenols is 1. The maximum Gasteiger partial charge on any atom is 0.323 e. The molecule has 0 aliphatic rings. The van der Waals surface area contributed by atoms with Crippen molar-refractivity contribution in [2.75, 3.05) is 7.11 Å². The number of nitrogens with one attached hydrogen (secondary N) is 1. The average molecular weight is 330 g/mol. The molecule has 1 heterocycles. The summed E-state index contributed by atoms with van der Waals surface area (Å²) in [5.74, 6) is -1.15. The van der Waals surface area contributed by atoms with Crippen molar-refractivity contribution in [3.8, 4) is 11.5 Å². The topological polar surface area (TPSA) is 127 Å². The second-order valence-corrected chi connectivity index (χ2v) is 4.70. The number of hydrogen-bond donors (Lipinski definition) is 2. The molecule has 0 saturated heterocycles. The van der Waals surface area contributed by atoms with Gasteiger partial charge in [0.2, 0.25) is 5.75 Å². The highest BCUT2D eigenvalue weighted by Crippen LogP contribution is 2.37. The van der Waals surface area contributed by atoms with Crippen LogP contribution in [0.25, 0.3) is 0 Å². The van der Waals surface area contributed by atoms with E-state index in [2.05, 4.69) is 15.5 Å². The molecule has 9 nitrogen and oxygen atoms in total. The van der Waals surface area contributed by atoms with E-state index in [0.29, 0.717) is 5.56 Å². The number of ether oxygens (including phenoxy) is 1. The summed E-state index contributed by atoms with van der Waals surface area (Å²) in [6.45, 7) is 1.79. The molecule has 0 atom stereocenters. The molecular weight excluding hydrogens is 316 g/mol. The Labute approximate surface area is 136 Å². The lowest BCUT2D eigenvalue weighted by atomic mass is 10.1. The van der Waals surface area contributed by atoms with Crippen molar-refractivity contribution in [2.24, 2.45) is 5.10 Å². The van der Waals surface area contributed by atoms with Crippen molar-refractivity contribution in [3.05, 3.63) is 57.4 Å². The van der Waals surface area contributed by atoms with Gasteiger partial charge < -0.3 is 9.84 Å². The number of hydrogen-bond acceptors (Lipinski definition) is 7. The molecular formula is C15H14N4O5. The van der Waals surface area contributed by atoms with Crippen molar-refractivity contribution in [1.29, 1.82) is 0 Å². The molecule has 2 N–H and O–H groups in total. The van der Waals surface area contributed by atoms with Gasteiger partial charge >= 0.3 is 5.69 Å². The van der Waals surface area contributed by atoms with Gasteiger partial charge in [-0.1, -0.05) is 0 Å². The Bertz CT molecular complexity index is 802. The molecule has 0 spiro atoms.